The Bertz CT molecular complexity index is 659. The first-order valence-corrected chi connectivity index (χ1v) is 8.45. The summed E-state index contributed by atoms with van der Waals surface area (Å²) in [4.78, 5) is 13.6. The number of aromatic nitrogens is 1. The molecule has 1 saturated heterocycles. The molecule has 2 aromatic rings. The van der Waals surface area contributed by atoms with E-state index in [-0.39, 0.29) is 5.91 Å². The number of nitrogens with zero attached hydrogens (tertiary/aromatic N) is 1. The number of quaternary nitrogens is 1. The van der Waals surface area contributed by atoms with E-state index in [1.54, 1.807) is 0 Å². The Morgan fingerprint density at radius 3 is 2.91 bits per heavy atom. The van der Waals surface area contributed by atoms with Crippen molar-refractivity contribution in [3.8, 4) is 0 Å². The van der Waals surface area contributed by atoms with Gasteiger partial charge in [0.05, 0.1) is 26.3 Å². The number of benzene rings is 1. The van der Waals surface area contributed by atoms with E-state index in [1.807, 2.05) is 6.07 Å². The highest BCUT2D eigenvalue weighted by Crippen LogP contribution is 2.21. The molecule has 5 nitrogen and oxygen atoms in total. The molecule has 5 heteroatoms. The monoisotopic (exact) mass is 316 g/mol. The maximum absolute atomic E-state index is 12.0. The molecule has 1 aromatic heterocycles. The predicted octanol–water partition coefficient (Wildman–Crippen LogP) is 0.142. The predicted molar refractivity (Wildman–Crippen MR) is 90.6 cm³/mol. The number of ether oxygens (including phenoxy) is 1. The Morgan fingerprint density at radius 2 is 2.09 bits per heavy atom. The van der Waals surface area contributed by atoms with Gasteiger partial charge < -0.3 is 19.5 Å². The number of rotatable bonds is 6. The second kappa shape index (κ2) is 7.62. The van der Waals surface area contributed by atoms with Crippen molar-refractivity contribution in [2.75, 3.05) is 39.4 Å². The van der Waals surface area contributed by atoms with Crippen LogP contribution in [0.25, 0.3) is 10.9 Å². The van der Waals surface area contributed by atoms with E-state index in [9.17, 15) is 4.79 Å². The number of amides is 1. The molecule has 0 unspecified atom stereocenters. The minimum Gasteiger partial charge on any atom is -0.370 e. The van der Waals surface area contributed by atoms with E-state index >= 15 is 0 Å². The van der Waals surface area contributed by atoms with Crippen LogP contribution in [0.3, 0.4) is 0 Å². The normalized spacial score (nSPS) is 15.9. The topological polar surface area (TPSA) is 47.7 Å². The molecule has 0 atom stereocenters. The highest BCUT2D eigenvalue weighted by atomic mass is 16.5. The van der Waals surface area contributed by atoms with Gasteiger partial charge in [-0.05, 0) is 18.1 Å². The van der Waals surface area contributed by atoms with Crippen LogP contribution in [-0.4, -0.2) is 49.9 Å². The highest BCUT2D eigenvalue weighted by Gasteiger charge is 2.13. The smallest absolute Gasteiger partial charge is 0.220 e. The molecule has 0 aliphatic carbocycles. The van der Waals surface area contributed by atoms with Crippen LogP contribution in [0.4, 0.5) is 0 Å². The van der Waals surface area contributed by atoms with Gasteiger partial charge in [0.1, 0.15) is 13.1 Å². The van der Waals surface area contributed by atoms with Gasteiger partial charge in [-0.1, -0.05) is 18.2 Å². The van der Waals surface area contributed by atoms with Crippen molar-refractivity contribution >= 4 is 16.8 Å². The summed E-state index contributed by atoms with van der Waals surface area (Å²) in [6.45, 7) is 5.51. The molecule has 1 fully saturated rings. The van der Waals surface area contributed by atoms with Crippen molar-refractivity contribution in [1.82, 2.24) is 9.88 Å². The maximum Gasteiger partial charge on any atom is 0.220 e. The van der Waals surface area contributed by atoms with Crippen molar-refractivity contribution < 1.29 is 14.4 Å². The molecule has 0 radical (unpaired) electrons. The average molecular weight is 316 g/mol. The second-order valence-electron chi connectivity index (χ2n) is 6.24. The van der Waals surface area contributed by atoms with E-state index < -0.39 is 0 Å². The van der Waals surface area contributed by atoms with Gasteiger partial charge in [0.2, 0.25) is 5.91 Å². The summed E-state index contributed by atoms with van der Waals surface area (Å²) in [6, 6.07) is 8.35. The molecule has 124 valence electrons. The zero-order chi connectivity index (χ0) is 16.1. The van der Waals surface area contributed by atoms with Crippen LogP contribution in [0.15, 0.2) is 30.5 Å². The Balaban J connectivity index is 1.45. The minimum absolute atomic E-state index is 0.144. The van der Waals surface area contributed by atoms with Crippen molar-refractivity contribution in [3.05, 3.63) is 36.0 Å². The average Bonchev–Trinajstić information content (AvgIpc) is 2.91. The molecule has 2 N–H and O–H groups in total. The second-order valence-corrected chi connectivity index (χ2v) is 6.24. The Labute approximate surface area is 137 Å². The van der Waals surface area contributed by atoms with Gasteiger partial charge in [0.25, 0.3) is 0 Å². The number of fused-ring (bicyclic) bond motifs is 1. The molecule has 2 heterocycles. The molecule has 1 aliphatic rings. The fourth-order valence-corrected chi connectivity index (χ4v) is 3.25. The summed E-state index contributed by atoms with van der Waals surface area (Å²) in [6.07, 6.45) is 3.47. The quantitative estimate of drug-likeness (QED) is 0.797. The lowest BCUT2D eigenvalue weighted by atomic mass is 10.1. The lowest BCUT2D eigenvalue weighted by Crippen LogP contribution is -3.14. The number of aryl methyl sites for hydroxylation is 2. The first-order chi connectivity index (χ1) is 11.2. The summed E-state index contributed by atoms with van der Waals surface area (Å²) in [5.74, 6) is 0.144. The van der Waals surface area contributed by atoms with Gasteiger partial charge in [-0.25, -0.2) is 0 Å². The molecule has 0 spiro atoms. The molecule has 0 saturated carbocycles. The van der Waals surface area contributed by atoms with Gasteiger partial charge in [-0.15, -0.1) is 0 Å². The van der Waals surface area contributed by atoms with E-state index in [0.717, 1.165) is 45.8 Å². The highest BCUT2D eigenvalue weighted by molar-refractivity contribution is 5.84. The number of morpholine rings is 1. The van der Waals surface area contributed by atoms with Crippen LogP contribution in [-0.2, 0) is 23.0 Å². The van der Waals surface area contributed by atoms with Crippen LogP contribution < -0.4 is 10.2 Å². The zero-order valence-electron chi connectivity index (χ0n) is 13.8. The fourth-order valence-electron chi connectivity index (χ4n) is 3.25. The third-order valence-electron chi connectivity index (χ3n) is 4.60. The Morgan fingerprint density at radius 1 is 1.30 bits per heavy atom. The lowest BCUT2D eigenvalue weighted by Gasteiger charge is -2.23. The summed E-state index contributed by atoms with van der Waals surface area (Å²) < 4.78 is 7.47. The maximum atomic E-state index is 12.0. The molecule has 23 heavy (non-hydrogen) atoms. The van der Waals surface area contributed by atoms with E-state index in [0.29, 0.717) is 6.42 Å². The van der Waals surface area contributed by atoms with Crippen molar-refractivity contribution in [2.45, 2.75) is 12.8 Å². The van der Waals surface area contributed by atoms with E-state index in [2.05, 4.69) is 41.3 Å². The minimum atomic E-state index is 0.144. The van der Waals surface area contributed by atoms with Crippen LogP contribution in [0.2, 0.25) is 0 Å². The third-order valence-corrected chi connectivity index (χ3v) is 4.60. The lowest BCUT2D eigenvalue weighted by molar-refractivity contribution is -0.906. The summed E-state index contributed by atoms with van der Waals surface area (Å²) in [5.41, 5.74) is 2.47. The molecule has 1 aromatic carbocycles. The standard InChI is InChI=1S/C18H25N3O2/c1-20-14-15(16-4-2-3-5-17(16)20)6-7-18(22)19-8-9-21-10-12-23-13-11-21/h2-5,14H,6-13H2,1H3,(H,19,22)/p+1. The van der Waals surface area contributed by atoms with Crippen LogP contribution >= 0.6 is 0 Å². The molecule has 1 aliphatic heterocycles. The van der Waals surface area contributed by atoms with Gasteiger partial charge in [0.15, 0.2) is 0 Å². The molecular formula is C18H26N3O2+. The molecule has 3 rings (SSSR count). The van der Waals surface area contributed by atoms with Crippen molar-refractivity contribution in [2.24, 2.45) is 7.05 Å². The number of nitrogens with one attached hydrogen (secondary N) is 2. The summed E-state index contributed by atoms with van der Waals surface area (Å²) in [5, 5.41) is 4.30. The molecule has 1 amide bonds. The van der Waals surface area contributed by atoms with E-state index in [1.165, 1.54) is 21.4 Å². The summed E-state index contributed by atoms with van der Waals surface area (Å²) in [7, 11) is 2.05. The van der Waals surface area contributed by atoms with Crippen LogP contribution in [0.5, 0.6) is 0 Å². The summed E-state index contributed by atoms with van der Waals surface area (Å²) >= 11 is 0. The van der Waals surface area contributed by atoms with Crippen LogP contribution in [0.1, 0.15) is 12.0 Å². The van der Waals surface area contributed by atoms with Gasteiger partial charge >= 0.3 is 0 Å². The first kappa shape index (κ1) is 16.0. The van der Waals surface area contributed by atoms with Crippen LogP contribution in [0, 0.1) is 0 Å². The number of carbonyl (C=O) groups is 1. The number of carbonyl (C=O) groups excluding carboxylic acids is 1. The van der Waals surface area contributed by atoms with Gasteiger partial charge in [-0.3, -0.25) is 4.79 Å². The Hall–Kier alpha value is -1.85. The Kier molecular flexibility index (Phi) is 5.31. The largest absolute Gasteiger partial charge is 0.370 e. The van der Waals surface area contributed by atoms with E-state index in [4.69, 9.17) is 4.74 Å². The number of hydrogen-bond acceptors (Lipinski definition) is 2. The van der Waals surface area contributed by atoms with Crippen molar-refractivity contribution in [1.29, 1.82) is 0 Å². The number of hydrogen-bond donors (Lipinski definition) is 2. The number of para-hydroxylation sites is 1. The SMILES string of the molecule is Cn1cc(CCC(=O)NCC[NH+]2CCOCC2)c2ccccc21. The zero-order valence-corrected chi connectivity index (χ0v) is 13.8. The van der Waals surface area contributed by atoms with Gasteiger partial charge in [-0.2, -0.15) is 0 Å². The van der Waals surface area contributed by atoms with Gasteiger partial charge in [0, 0.05) is 30.6 Å². The third kappa shape index (κ3) is 4.12. The van der Waals surface area contributed by atoms with Crippen molar-refractivity contribution in [3.63, 3.8) is 0 Å². The first-order valence-electron chi connectivity index (χ1n) is 8.45. The fraction of sp³-hybridized carbons (Fsp3) is 0.500. The molecule has 0 bridgehead atoms. The molecular weight excluding hydrogens is 290 g/mol.